The predicted octanol–water partition coefficient (Wildman–Crippen LogP) is 2.01. The van der Waals surface area contributed by atoms with Gasteiger partial charge in [-0.3, -0.25) is 4.84 Å². The molecule has 0 atom stereocenters. The lowest BCUT2D eigenvalue weighted by Gasteiger charge is -2.02. The van der Waals surface area contributed by atoms with Crippen LogP contribution in [0.2, 0.25) is 5.02 Å². The molecule has 1 aromatic carbocycles. The smallest absolute Gasteiger partial charge is 0.133 e. The van der Waals surface area contributed by atoms with Gasteiger partial charge < -0.3 is 0 Å². The average Bonchev–Trinajstić information content (AvgIpc) is 1.96. The normalized spacial score (nSPS) is 10.3. The van der Waals surface area contributed by atoms with E-state index in [-0.39, 0.29) is 17.2 Å². The number of rotatable bonds is 2. The molecule has 0 spiro atoms. The van der Waals surface area contributed by atoms with Gasteiger partial charge in [0.1, 0.15) is 11.6 Å². The highest BCUT2D eigenvalue weighted by atomic mass is 35.5. The second-order valence-electron chi connectivity index (χ2n) is 2.16. The van der Waals surface area contributed by atoms with E-state index < -0.39 is 11.6 Å². The van der Waals surface area contributed by atoms with Gasteiger partial charge in [0.15, 0.2) is 0 Å². The molecule has 0 unspecified atom stereocenters. The molecule has 0 fully saturated rings. The van der Waals surface area contributed by atoms with Gasteiger partial charge in [0.05, 0.1) is 12.2 Å². The van der Waals surface area contributed by atoms with Crippen LogP contribution in [-0.2, 0) is 11.4 Å². The maximum atomic E-state index is 12.8. The maximum absolute atomic E-state index is 12.8. The molecule has 0 aliphatic rings. The first-order valence-corrected chi connectivity index (χ1v) is 3.48. The number of nitrogens with two attached hydrogens (primary N) is 1. The molecule has 5 heteroatoms. The Hall–Kier alpha value is -0.710. The quantitative estimate of drug-likeness (QED) is 0.730. The second kappa shape index (κ2) is 3.80. The van der Waals surface area contributed by atoms with Crippen molar-refractivity contribution < 1.29 is 13.6 Å². The van der Waals surface area contributed by atoms with E-state index in [2.05, 4.69) is 10.7 Å². The van der Waals surface area contributed by atoms with Gasteiger partial charge in [-0.25, -0.2) is 14.7 Å². The third kappa shape index (κ3) is 1.91. The summed E-state index contributed by atoms with van der Waals surface area (Å²) in [5.74, 6) is 3.15. The van der Waals surface area contributed by atoms with Crippen molar-refractivity contribution in [1.29, 1.82) is 0 Å². The predicted molar refractivity (Wildman–Crippen MR) is 40.3 cm³/mol. The van der Waals surface area contributed by atoms with Gasteiger partial charge in [-0.1, -0.05) is 11.6 Å². The van der Waals surface area contributed by atoms with Crippen molar-refractivity contribution in [1.82, 2.24) is 0 Å². The van der Waals surface area contributed by atoms with Crippen LogP contribution in [0.1, 0.15) is 5.56 Å². The third-order valence-electron chi connectivity index (χ3n) is 1.33. The summed E-state index contributed by atoms with van der Waals surface area (Å²) in [5.41, 5.74) is -0.220. The average molecular weight is 194 g/mol. The fraction of sp³-hybridized carbons (Fsp3) is 0.143. The van der Waals surface area contributed by atoms with Crippen LogP contribution in [-0.4, -0.2) is 0 Å². The summed E-state index contributed by atoms with van der Waals surface area (Å²) in [7, 11) is 0. The summed E-state index contributed by atoms with van der Waals surface area (Å²) in [5, 5.41) is 0.00534. The van der Waals surface area contributed by atoms with Crippen LogP contribution in [0.5, 0.6) is 0 Å². The van der Waals surface area contributed by atoms with Crippen LogP contribution >= 0.6 is 11.6 Å². The summed E-state index contributed by atoms with van der Waals surface area (Å²) in [4.78, 5) is 4.11. The molecule has 0 saturated heterocycles. The molecule has 0 amide bonds. The van der Waals surface area contributed by atoms with Crippen LogP contribution < -0.4 is 5.90 Å². The van der Waals surface area contributed by atoms with Crippen LogP contribution in [0, 0.1) is 11.6 Å². The highest BCUT2D eigenvalue weighted by molar-refractivity contribution is 6.30. The molecule has 12 heavy (non-hydrogen) atoms. The SMILES string of the molecule is NOCc1c(F)cc(Cl)cc1F. The number of benzene rings is 1. The van der Waals surface area contributed by atoms with Crippen molar-refractivity contribution in [3.63, 3.8) is 0 Å². The molecule has 0 radical (unpaired) electrons. The largest absolute Gasteiger partial charge is 0.300 e. The number of hydrogen-bond acceptors (Lipinski definition) is 2. The first-order chi connectivity index (χ1) is 5.65. The van der Waals surface area contributed by atoms with E-state index >= 15 is 0 Å². The molecule has 2 nitrogen and oxygen atoms in total. The Kier molecular flexibility index (Phi) is 2.97. The van der Waals surface area contributed by atoms with E-state index in [0.29, 0.717) is 0 Å². The Morgan fingerprint density at radius 2 is 1.83 bits per heavy atom. The summed E-state index contributed by atoms with van der Waals surface area (Å²) < 4.78 is 25.7. The molecular formula is C7H6ClF2NO. The van der Waals surface area contributed by atoms with E-state index in [0.717, 1.165) is 12.1 Å². The zero-order chi connectivity index (χ0) is 9.14. The number of halogens is 3. The summed E-state index contributed by atoms with van der Waals surface area (Å²) in [6.07, 6.45) is 0. The first kappa shape index (κ1) is 9.38. The first-order valence-electron chi connectivity index (χ1n) is 3.10. The van der Waals surface area contributed by atoms with E-state index in [1.165, 1.54) is 0 Å². The standard InChI is InChI=1S/C7H6ClF2NO/c8-4-1-6(9)5(3-12-11)7(10)2-4/h1-2H,3,11H2. The lowest BCUT2D eigenvalue weighted by Crippen LogP contribution is -2.03. The number of hydrogen-bond donors (Lipinski definition) is 1. The second-order valence-corrected chi connectivity index (χ2v) is 2.60. The zero-order valence-electron chi connectivity index (χ0n) is 5.98. The summed E-state index contributed by atoms with van der Waals surface area (Å²) in [6, 6.07) is 2.00. The van der Waals surface area contributed by atoms with Crippen molar-refractivity contribution in [3.05, 3.63) is 34.4 Å². The Labute approximate surface area is 72.8 Å². The van der Waals surface area contributed by atoms with Gasteiger partial charge in [0.2, 0.25) is 0 Å². The fourth-order valence-electron chi connectivity index (χ4n) is 0.793. The van der Waals surface area contributed by atoms with Crippen molar-refractivity contribution >= 4 is 11.6 Å². The lowest BCUT2D eigenvalue weighted by atomic mass is 10.2. The van der Waals surface area contributed by atoms with Crippen molar-refractivity contribution in [2.75, 3.05) is 0 Å². The molecule has 0 bridgehead atoms. The van der Waals surface area contributed by atoms with Gasteiger partial charge in [-0.2, -0.15) is 0 Å². The minimum absolute atomic E-state index is 0.00534. The molecular weight excluding hydrogens is 188 g/mol. The Balaban J connectivity index is 3.10. The van der Waals surface area contributed by atoms with Gasteiger partial charge >= 0.3 is 0 Å². The van der Waals surface area contributed by atoms with Gasteiger partial charge in [0.25, 0.3) is 0 Å². The van der Waals surface area contributed by atoms with E-state index in [1.54, 1.807) is 0 Å². The highest BCUT2D eigenvalue weighted by Gasteiger charge is 2.09. The Morgan fingerprint density at radius 3 is 2.25 bits per heavy atom. The Morgan fingerprint density at radius 1 is 1.33 bits per heavy atom. The molecule has 1 aromatic rings. The topological polar surface area (TPSA) is 35.2 Å². The van der Waals surface area contributed by atoms with Gasteiger partial charge in [0, 0.05) is 5.02 Å². The molecule has 66 valence electrons. The van der Waals surface area contributed by atoms with E-state index in [9.17, 15) is 8.78 Å². The van der Waals surface area contributed by atoms with Crippen molar-refractivity contribution in [3.8, 4) is 0 Å². The monoisotopic (exact) mass is 193 g/mol. The minimum Gasteiger partial charge on any atom is -0.300 e. The fourth-order valence-corrected chi connectivity index (χ4v) is 0.985. The van der Waals surface area contributed by atoms with E-state index in [1.807, 2.05) is 0 Å². The molecule has 0 heterocycles. The molecule has 1 rings (SSSR count). The van der Waals surface area contributed by atoms with Crippen molar-refractivity contribution in [2.24, 2.45) is 5.90 Å². The third-order valence-corrected chi connectivity index (χ3v) is 1.55. The minimum atomic E-state index is -0.759. The lowest BCUT2D eigenvalue weighted by molar-refractivity contribution is 0.119. The highest BCUT2D eigenvalue weighted by Crippen LogP contribution is 2.18. The molecule has 0 aliphatic carbocycles. The van der Waals surface area contributed by atoms with Crippen LogP contribution in [0.4, 0.5) is 8.78 Å². The maximum Gasteiger partial charge on any atom is 0.133 e. The Bertz CT molecular complexity index is 270. The molecule has 0 saturated carbocycles. The summed E-state index contributed by atoms with van der Waals surface area (Å²) in [6.45, 7) is -0.311. The van der Waals surface area contributed by atoms with Crippen LogP contribution in [0.15, 0.2) is 12.1 Å². The van der Waals surface area contributed by atoms with Crippen LogP contribution in [0.3, 0.4) is 0 Å². The molecule has 0 aromatic heterocycles. The zero-order valence-corrected chi connectivity index (χ0v) is 6.74. The van der Waals surface area contributed by atoms with Gasteiger partial charge in [-0.05, 0) is 12.1 Å². The van der Waals surface area contributed by atoms with Crippen LogP contribution in [0.25, 0.3) is 0 Å². The molecule has 0 aliphatic heterocycles. The van der Waals surface area contributed by atoms with Gasteiger partial charge in [-0.15, -0.1) is 0 Å². The van der Waals surface area contributed by atoms with E-state index in [4.69, 9.17) is 11.6 Å². The summed E-state index contributed by atoms with van der Waals surface area (Å²) >= 11 is 5.37. The molecule has 2 N–H and O–H groups in total. The van der Waals surface area contributed by atoms with Crippen molar-refractivity contribution in [2.45, 2.75) is 6.61 Å².